The van der Waals surface area contributed by atoms with E-state index >= 15 is 0 Å². The number of nitrogens with zero attached hydrogens (tertiary/aromatic N) is 2. The van der Waals surface area contributed by atoms with E-state index < -0.39 is 4.92 Å². The largest absolute Gasteiger partial charge is 0.364 e. The van der Waals surface area contributed by atoms with Gasteiger partial charge in [0.2, 0.25) is 0 Å². The fourth-order valence-electron chi connectivity index (χ4n) is 0.769. The van der Waals surface area contributed by atoms with Crippen LogP contribution in [0.25, 0.3) is 0 Å². The zero-order valence-corrected chi connectivity index (χ0v) is 10.1. The van der Waals surface area contributed by atoms with Crippen LogP contribution in [-0.4, -0.2) is 21.0 Å². The van der Waals surface area contributed by atoms with E-state index in [1.54, 1.807) is 0 Å². The lowest BCUT2D eigenvalue weighted by Gasteiger charge is -1.95. The molecule has 0 unspecified atom stereocenters. The Balaban J connectivity index is 0.00000169. The fraction of sp³-hybridized carbons (Fsp3) is 0.143. The first-order valence-corrected chi connectivity index (χ1v) is 4.47. The molecule has 1 rings (SSSR count). The van der Waals surface area contributed by atoms with Gasteiger partial charge in [-0.15, -0.1) is 17.0 Å². The Bertz CT molecular complexity index is 357. The first kappa shape index (κ1) is 13.2. The van der Waals surface area contributed by atoms with Gasteiger partial charge in [0, 0.05) is 11.6 Å². The van der Waals surface area contributed by atoms with Crippen LogP contribution in [0.4, 0.5) is 5.82 Å². The molecular weight excluding hydrogens is 320 g/mol. The molecule has 14 heavy (non-hydrogen) atoms. The molecule has 0 saturated carbocycles. The van der Waals surface area contributed by atoms with Crippen molar-refractivity contribution in [3.05, 3.63) is 34.0 Å². The van der Waals surface area contributed by atoms with Crippen LogP contribution in [0.3, 0.4) is 0 Å². The van der Waals surface area contributed by atoms with Crippen molar-refractivity contribution in [2.45, 2.75) is 0 Å². The van der Waals surface area contributed by atoms with Crippen LogP contribution < -0.4 is 0 Å². The van der Waals surface area contributed by atoms with Gasteiger partial charge in [0.05, 0.1) is 5.33 Å². The number of halogens is 2. The summed E-state index contributed by atoms with van der Waals surface area (Å²) in [5.74, 6) is -0.516. The van der Waals surface area contributed by atoms with Crippen LogP contribution in [0.2, 0.25) is 0 Å². The average molecular weight is 326 g/mol. The van der Waals surface area contributed by atoms with Gasteiger partial charge in [-0.2, -0.15) is 0 Å². The van der Waals surface area contributed by atoms with Gasteiger partial charge in [-0.25, -0.2) is 0 Å². The summed E-state index contributed by atoms with van der Waals surface area (Å²) in [7, 11) is 0. The van der Waals surface area contributed by atoms with Gasteiger partial charge < -0.3 is 10.1 Å². The molecule has 0 N–H and O–H groups in total. The quantitative estimate of drug-likeness (QED) is 0.369. The molecule has 7 heteroatoms. The molecule has 0 fully saturated rings. The van der Waals surface area contributed by atoms with Crippen molar-refractivity contribution in [2.24, 2.45) is 0 Å². The molecule has 1 aromatic rings. The monoisotopic (exact) mass is 324 g/mol. The summed E-state index contributed by atoms with van der Waals surface area (Å²) in [6, 6.07) is 2.60. The molecule has 1 aromatic heterocycles. The molecule has 0 amide bonds. The zero-order chi connectivity index (χ0) is 9.84. The summed E-state index contributed by atoms with van der Waals surface area (Å²) in [5, 5.41) is 10.4. The summed E-state index contributed by atoms with van der Waals surface area (Å²) in [6.45, 7) is 0. The van der Waals surface area contributed by atoms with Crippen LogP contribution in [0, 0.1) is 10.1 Å². The van der Waals surface area contributed by atoms with Gasteiger partial charge in [0.15, 0.2) is 5.78 Å². The highest BCUT2D eigenvalue weighted by molar-refractivity contribution is 9.09. The van der Waals surface area contributed by atoms with Gasteiger partial charge >= 0.3 is 5.82 Å². The van der Waals surface area contributed by atoms with Crippen LogP contribution >= 0.6 is 32.9 Å². The van der Waals surface area contributed by atoms with Crippen LogP contribution in [0.5, 0.6) is 0 Å². The Morgan fingerprint density at radius 2 is 2.29 bits per heavy atom. The Hall–Kier alpha value is -0.820. The summed E-state index contributed by atoms with van der Waals surface area (Å²) < 4.78 is 0. The summed E-state index contributed by atoms with van der Waals surface area (Å²) in [4.78, 5) is 24.2. The van der Waals surface area contributed by atoms with E-state index in [1.807, 2.05) is 0 Å². The molecule has 76 valence electrons. The Morgan fingerprint density at radius 3 is 2.79 bits per heavy atom. The maximum Gasteiger partial charge on any atom is 0.364 e. The molecule has 1 heterocycles. The predicted octanol–water partition coefficient (Wildman–Crippen LogP) is 2.15. The van der Waals surface area contributed by atoms with Crippen LogP contribution in [0.1, 0.15) is 10.4 Å². The van der Waals surface area contributed by atoms with Crippen molar-refractivity contribution < 1.29 is 9.72 Å². The van der Waals surface area contributed by atoms with Gasteiger partial charge in [-0.1, -0.05) is 15.9 Å². The molecule has 0 radical (unpaired) electrons. The maximum absolute atomic E-state index is 11.1. The first-order chi connectivity index (χ1) is 6.15. The lowest BCUT2D eigenvalue weighted by Crippen LogP contribution is -2.01. The third-order valence-electron chi connectivity index (χ3n) is 1.38. The third-order valence-corrected chi connectivity index (χ3v) is 1.89. The summed E-state index contributed by atoms with van der Waals surface area (Å²) in [6.07, 6.45) is 1.24. The molecule has 0 aliphatic rings. The number of alkyl halides is 1. The highest BCUT2D eigenvalue weighted by Crippen LogP contribution is 2.10. The third kappa shape index (κ3) is 3.15. The highest BCUT2D eigenvalue weighted by Gasteiger charge is 2.11. The molecular formula is C7H6Br2N2O3. The molecule has 0 saturated heterocycles. The minimum atomic E-state index is -0.634. The Kier molecular flexibility index (Phi) is 5.47. The number of nitro groups is 1. The van der Waals surface area contributed by atoms with Crippen LogP contribution in [0.15, 0.2) is 18.3 Å². The molecule has 0 aromatic carbocycles. The number of aromatic nitrogens is 1. The summed E-state index contributed by atoms with van der Waals surface area (Å²) in [5.41, 5.74) is 0.290. The van der Waals surface area contributed by atoms with Crippen LogP contribution in [-0.2, 0) is 0 Å². The van der Waals surface area contributed by atoms with Gasteiger partial charge in [-0.3, -0.25) is 4.79 Å². The zero-order valence-electron chi connectivity index (χ0n) is 6.84. The smallest absolute Gasteiger partial charge is 0.358 e. The van der Waals surface area contributed by atoms with E-state index in [2.05, 4.69) is 20.9 Å². The van der Waals surface area contributed by atoms with Crippen molar-refractivity contribution in [2.75, 3.05) is 5.33 Å². The Morgan fingerprint density at radius 1 is 1.64 bits per heavy atom. The van der Waals surface area contributed by atoms with Crippen molar-refractivity contribution in [1.82, 2.24) is 4.98 Å². The Labute approximate surface area is 98.6 Å². The normalized spacial score (nSPS) is 8.93. The van der Waals surface area contributed by atoms with Crippen molar-refractivity contribution in [3.63, 3.8) is 0 Å². The number of carbonyl (C=O) groups excluding carboxylic acids is 1. The number of carbonyl (C=O) groups is 1. The average Bonchev–Trinajstić information content (AvgIpc) is 2.17. The van der Waals surface area contributed by atoms with Crippen molar-refractivity contribution in [1.29, 1.82) is 0 Å². The number of ketones is 1. The predicted molar refractivity (Wildman–Crippen MR) is 59.3 cm³/mol. The number of hydrogen-bond donors (Lipinski definition) is 0. The molecule has 0 bridgehead atoms. The second kappa shape index (κ2) is 5.82. The topological polar surface area (TPSA) is 73.1 Å². The van der Waals surface area contributed by atoms with Crippen molar-refractivity contribution in [3.8, 4) is 0 Å². The van der Waals surface area contributed by atoms with E-state index in [-0.39, 0.29) is 33.9 Å². The number of pyridine rings is 1. The molecule has 0 spiro atoms. The van der Waals surface area contributed by atoms with Crippen molar-refractivity contribution >= 4 is 44.5 Å². The number of Topliss-reactive ketones (excluding diaryl/α,β-unsaturated/α-hetero) is 1. The second-order valence-corrected chi connectivity index (χ2v) is 2.78. The van der Waals surface area contributed by atoms with E-state index in [0.29, 0.717) is 5.56 Å². The first-order valence-electron chi connectivity index (χ1n) is 3.34. The van der Waals surface area contributed by atoms with Gasteiger partial charge in [-0.05, 0) is 16.0 Å². The maximum atomic E-state index is 11.1. The lowest BCUT2D eigenvalue weighted by atomic mass is 10.2. The van der Waals surface area contributed by atoms with E-state index in [4.69, 9.17) is 0 Å². The minimum Gasteiger partial charge on any atom is -0.358 e. The highest BCUT2D eigenvalue weighted by atomic mass is 79.9. The summed E-state index contributed by atoms with van der Waals surface area (Å²) >= 11 is 2.97. The SMILES string of the molecule is Br.O=C(CBr)c1ccnc([N+](=O)[O-])c1. The second-order valence-electron chi connectivity index (χ2n) is 2.22. The molecule has 0 atom stereocenters. The molecule has 5 nitrogen and oxygen atoms in total. The molecule has 0 aliphatic carbocycles. The van der Waals surface area contributed by atoms with Gasteiger partial charge in [0.25, 0.3) is 0 Å². The number of hydrogen-bond acceptors (Lipinski definition) is 4. The number of rotatable bonds is 3. The minimum absolute atomic E-state index is 0. The van der Waals surface area contributed by atoms with Gasteiger partial charge in [0.1, 0.15) is 6.20 Å². The van der Waals surface area contributed by atoms with E-state index in [1.165, 1.54) is 12.3 Å². The van der Waals surface area contributed by atoms with E-state index in [0.717, 1.165) is 6.07 Å². The lowest BCUT2D eigenvalue weighted by molar-refractivity contribution is -0.389. The standard InChI is InChI=1S/C7H5BrN2O3.BrH/c8-4-6(11)5-1-2-9-7(3-5)10(12)13;/h1-3H,4H2;1H. The van der Waals surface area contributed by atoms with E-state index in [9.17, 15) is 14.9 Å². The fourth-order valence-corrected chi connectivity index (χ4v) is 1.09. The molecule has 0 aliphatic heterocycles.